The van der Waals surface area contributed by atoms with Crippen molar-refractivity contribution < 1.29 is 13.5 Å². The molecule has 1 aliphatic heterocycles. The zero-order valence-electron chi connectivity index (χ0n) is 10.7. The summed E-state index contributed by atoms with van der Waals surface area (Å²) in [6, 6.07) is 4.44. The van der Waals surface area contributed by atoms with Crippen molar-refractivity contribution in [1.82, 2.24) is 4.90 Å². The first-order chi connectivity index (χ1) is 8.00. The van der Waals surface area contributed by atoms with Crippen LogP contribution in [0.15, 0.2) is 18.2 Å². The standard InChI is InChI=1S/C13H17F2NO.ClH/c1-8-7-17-13(9(2)16(8)3)10-4-5-11(14)12(15)6-10;/h4-6,8-9,13H,7H2,1-3H3;1H/t8-,9+,13-;/m1./s1. The van der Waals surface area contributed by atoms with E-state index in [1.54, 1.807) is 6.07 Å². The highest BCUT2D eigenvalue weighted by atomic mass is 35.5. The molecular weight excluding hydrogens is 260 g/mol. The van der Waals surface area contributed by atoms with Gasteiger partial charge in [0.05, 0.1) is 12.7 Å². The molecule has 5 heteroatoms. The van der Waals surface area contributed by atoms with Crippen LogP contribution in [0.25, 0.3) is 0 Å². The lowest BCUT2D eigenvalue weighted by Gasteiger charge is -2.41. The van der Waals surface area contributed by atoms with Gasteiger partial charge in [-0.05, 0) is 38.6 Å². The Balaban J connectivity index is 0.00000162. The minimum atomic E-state index is -0.820. The van der Waals surface area contributed by atoms with Gasteiger partial charge in [-0.1, -0.05) is 6.07 Å². The smallest absolute Gasteiger partial charge is 0.159 e. The molecule has 102 valence electrons. The van der Waals surface area contributed by atoms with Gasteiger partial charge in [0, 0.05) is 12.1 Å². The van der Waals surface area contributed by atoms with Crippen LogP contribution in [0.4, 0.5) is 8.78 Å². The summed E-state index contributed by atoms with van der Waals surface area (Å²) < 4.78 is 31.8. The highest BCUT2D eigenvalue weighted by Crippen LogP contribution is 2.30. The molecule has 0 aromatic heterocycles. The predicted molar refractivity (Wildman–Crippen MR) is 69.0 cm³/mol. The Morgan fingerprint density at radius 3 is 2.50 bits per heavy atom. The van der Waals surface area contributed by atoms with Crippen LogP contribution in [0.3, 0.4) is 0 Å². The molecule has 0 unspecified atom stereocenters. The van der Waals surface area contributed by atoms with Gasteiger partial charge >= 0.3 is 0 Å². The van der Waals surface area contributed by atoms with Gasteiger partial charge < -0.3 is 4.74 Å². The maximum atomic E-state index is 13.2. The lowest BCUT2D eigenvalue weighted by Crippen LogP contribution is -2.48. The van der Waals surface area contributed by atoms with Crippen molar-refractivity contribution in [3.8, 4) is 0 Å². The molecule has 1 fully saturated rings. The average molecular weight is 278 g/mol. The van der Waals surface area contributed by atoms with E-state index in [0.29, 0.717) is 18.2 Å². The molecule has 1 aliphatic rings. The van der Waals surface area contributed by atoms with Crippen LogP contribution in [0.2, 0.25) is 0 Å². The minimum Gasteiger partial charge on any atom is -0.370 e. The van der Waals surface area contributed by atoms with Gasteiger partial charge in [0.2, 0.25) is 0 Å². The molecule has 0 saturated carbocycles. The van der Waals surface area contributed by atoms with Crippen molar-refractivity contribution in [2.75, 3.05) is 13.7 Å². The summed E-state index contributed by atoms with van der Waals surface area (Å²) in [5.41, 5.74) is 0.690. The molecule has 18 heavy (non-hydrogen) atoms. The van der Waals surface area contributed by atoms with Crippen LogP contribution >= 0.6 is 12.4 Å². The summed E-state index contributed by atoms with van der Waals surface area (Å²) in [5.74, 6) is -1.64. The molecule has 0 aliphatic carbocycles. The van der Waals surface area contributed by atoms with Crippen LogP contribution in [0.1, 0.15) is 25.5 Å². The average Bonchev–Trinajstić information content (AvgIpc) is 2.30. The molecule has 2 nitrogen and oxygen atoms in total. The van der Waals surface area contributed by atoms with E-state index in [4.69, 9.17) is 4.74 Å². The van der Waals surface area contributed by atoms with E-state index >= 15 is 0 Å². The lowest BCUT2D eigenvalue weighted by atomic mass is 9.99. The second-order valence-corrected chi connectivity index (χ2v) is 4.68. The molecule has 1 aromatic rings. The second-order valence-electron chi connectivity index (χ2n) is 4.68. The van der Waals surface area contributed by atoms with Crippen molar-refractivity contribution >= 4 is 12.4 Å². The molecule has 0 N–H and O–H groups in total. The number of hydrogen-bond acceptors (Lipinski definition) is 2. The van der Waals surface area contributed by atoms with Crippen molar-refractivity contribution in [3.05, 3.63) is 35.4 Å². The number of rotatable bonds is 1. The largest absolute Gasteiger partial charge is 0.370 e. The number of ether oxygens (including phenoxy) is 1. The highest BCUT2D eigenvalue weighted by Gasteiger charge is 2.32. The third-order valence-corrected chi connectivity index (χ3v) is 3.56. The van der Waals surface area contributed by atoms with Crippen molar-refractivity contribution in [2.45, 2.75) is 32.0 Å². The monoisotopic (exact) mass is 277 g/mol. The summed E-state index contributed by atoms with van der Waals surface area (Å²) in [4.78, 5) is 2.19. The van der Waals surface area contributed by atoms with E-state index in [1.165, 1.54) is 6.07 Å². The lowest BCUT2D eigenvalue weighted by molar-refractivity contribution is -0.0854. The zero-order valence-corrected chi connectivity index (χ0v) is 11.5. The number of halogens is 3. The van der Waals surface area contributed by atoms with Crippen LogP contribution in [0.5, 0.6) is 0 Å². The van der Waals surface area contributed by atoms with Crippen LogP contribution in [0, 0.1) is 11.6 Å². The maximum Gasteiger partial charge on any atom is 0.159 e. The Hall–Kier alpha value is -0.710. The molecular formula is C13H18ClF2NO. The van der Waals surface area contributed by atoms with Gasteiger partial charge in [-0.15, -0.1) is 12.4 Å². The molecule has 1 heterocycles. The Bertz CT molecular complexity index is 416. The summed E-state index contributed by atoms with van der Waals surface area (Å²) in [6.07, 6.45) is -0.203. The number of hydrogen-bond donors (Lipinski definition) is 0. The molecule has 1 aromatic carbocycles. The van der Waals surface area contributed by atoms with Gasteiger partial charge in [-0.3, -0.25) is 4.90 Å². The van der Waals surface area contributed by atoms with Crippen molar-refractivity contribution in [2.24, 2.45) is 0 Å². The summed E-state index contributed by atoms with van der Waals surface area (Å²) in [5, 5.41) is 0. The molecule has 0 bridgehead atoms. The first-order valence-electron chi connectivity index (χ1n) is 5.79. The second kappa shape index (κ2) is 5.95. The number of likely N-dealkylation sites (N-methyl/N-ethyl adjacent to an activating group) is 1. The van der Waals surface area contributed by atoms with E-state index in [-0.39, 0.29) is 24.6 Å². The maximum absolute atomic E-state index is 13.2. The Labute approximate surface area is 112 Å². The first kappa shape index (κ1) is 15.3. The normalized spacial score (nSPS) is 28.8. The van der Waals surface area contributed by atoms with Crippen molar-refractivity contribution in [1.29, 1.82) is 0 Å². The predicted octanol–water partition coefficient (Wildman–Crippen LogP) is 3.17. The van der Waals surface area contributed by atoms with Gasteiger partial charge in [0.15, 0.2) is 11.6 Å². The van der Waals surface area contributed by atoms with Crippen molar-refractivity contribution in [3.63, 3.8) is 0 Å². The molecule has 0 amide bonds. The number of benzene rings is 1. The van der Waals surface area contributed by atoms with Crippen LogP contribution in [-0.2, 0) is 4.74 Å². The van der Waals surface area contributed by atoms with Gasteiger partial charge in [0.1, 0.15) is 0 Å². The third kappa shape index (κ3) is 2.82. The number of morpholine rings is 1. The molecule has 0 radical (unpaired) electrons. The van der Waals surface area contributed by atoms with E-state index < -0.39 is 11.6 Å². The first-order valence-corrected chi connectivity index (χ1v) is 5.79. The summed E-state index contributed by atoms with van der Waals surface area (Å²) in [7, 11) is 2.02. The van der Waals surface area contributed by atoms with E-state index in [9.17, 15) is 8.78 Å². The fourth-order valence-electron chi connectivity index (χ4n) is 2.18. The zero-order chi connectivity index (χ0) is 12.6. The molecule has 0 spiro atoms. The number of nitrogens with zero attached hydrogens (tertiary/aromatic N) is 1. The molecule has 3 atom stereocenters. The quantitative estimate of drug-likeness (QED) is 0.782. The van der Waals surface area contributed by atoms with Gasteiger partial charge in [-0.2, -0.15) is 0 Å². The molecule has 1 saturated heterocycles. The Kier molecular flexibility index (Phi) is 5.08. The SMILES string of the molecule is C[C@@H]1CO[C@@H](c2ccc(F)c(F)c2)[C@H](C)N1C.Cl. The van der Waals surface area contributed by atoms with E-state index in [2.05, 4.69) is 11.8 Å². The summed E-state index contributed by atoms with van der Waals surface area (Å²) in [6.45, 7) is 4.71. The van der Waals surface area contributed by atoms with Gasteiger partial charge in [0.25, 0.3) is 0 Å². The Morgan fingerprint density at radius 1 is 1.22 bits per heavy atom. The minimum absolute atomic E-state index is 0. The van der Waals surface area contributed by atoms with Gasteiger partial charge in [-0.25, -0.2) is 8.78 Å². The third-order valence-electron chi connectivity index (χ3n) is 3.56. The van der Waals surface area contributed by atoms with E-state index in [1.807, 2.05) is 14.0 Å². The Morgan fingerprint density at radius 2 is 1.89 bits per heavy atom. The highest BCUT2D eigenvalue weighted by molar-refractivity contribution is 5.85. The fourth-order valence-corrected chi connectivity index (χ4v) is 2.18. The van der Waals surface area contributed by atoms with E-state index in [0.717, 1.165) is 6.07 Å². The summed E-state index contributed by atoms with van der Waals surface area (Å²) >= 11 is 0. The molecule has 2 rings (SSSR count). The van der Waals surface area contributed by atoms with Crippen LogP contribution in [-0.4, -0.2) is 30.6 Å². The van der Waals surface area contributed by atoms with Crippen LogP contribution < -0.4 is 0 Å². The fraction of sp³-hybridized carbons (Fsp3) is 0.538. The topological polar surface area (TPSA) is 12.5 Å².